The zero-order valence-corrected chi connectivity index (χ0v) is 12.8. The number of aromatic nitrogens is 2. The van der Waals surface area contributed by atoms with Crippen LogP contribution in [0.2, 0.25) is 0 Å². The number of anilines is 1. The second kappa shape index (κ2) is 5.82. The van der Waals surface area contributed by atoms with E-state index in [1.54, 1.807) is 20.9 Å². The number of aromatic amines is 1. The number of hydrogen-bond acceptors (Lipinski definition) is 4. The van der Waals surface area contributed by atoms with Gasteiger partial charge in [0.25, 0.3) is 10.0 Å². The SMILES string of the molecule is CNCc1n[nH]c(C)c1S(=O)(=O)Nc1cc(F)ccc1C. The van der Waals surface area contributed by atoms with Crippen molar-refractivity contribution in [2.45, 2.75) is 25.3 Å². The highest BCUT2D eigenvalue weighted by Crippen LogP contribution is 2.24. The molecule has 0 radical (unpaired) electrons. The first kappa shape index (κ1) is 15.5. The fourth-order valence-corrected chi connectivity index (χ4v) is 3.50. The Balaban J connectivity index is 2.43. The lowest BCUT2D eigenvalue weighted by atomic mass is 10.2. The monoisotopic (exact) mass is 312 g/mol. The Morgan fingerprint density at radius 3 is 2.71 bits per heavy atom. The maximum Gasteiger partial charge on any atom is 0.265 e. The Labute approximate surface area is 122 Å². The predicted octanol–water partition coefficient (Wildman–Crippen LogP) is 1.69. The molecule has 1 aromatic carbocycles. The highest BCUT2D eigenvalue weighted by molar-refractivity contribution is 7.92. The van der Waals surface area contributed by atoms with Crippen LogP contribution in [0.15, 0.2) is 23.1 Å². The number of rotatable bonds is 5. The molecule has 0 spiro atoms. The molecular formula is C13H17FN4O2S. The van der Waals surface area contributed by atoms with Gasteiger partial charge in [0.05, 0.1) is 17.1 Å². The minimum absolute atomic E-state index is 0.0838. The molecule has 0 unspecified atom stereocenters. The van der Waals surface area contributed by atoms with Crippen LogP contribution in [-0.2, 0) is 16.6 Å². The van der Waals surface area contributed by atoms with Crippen LogP contribution in [0.1, 0.15) is 17.0 Å². The summed E-state index contributed by atoms with van der Waals surface area (Å²) in [6, 6.07) is 3.95. The standard InChI is InChI=1S/C13H17FN4O2S/c1-8-4-5-10(14)6-11(8)18-21(19,20)13-9(2)16-17-12(13)7-15-3/h4-6,15,18H,7H2,1-3H3,(H,16,17). The van der Waals surface area contributed by atoms with E-state index in [1.165, 1.54) is 12.1 Å². The molecule has 0 saturated heterocycles. The summed E-state index contributed by atoms with van der Waals surface area (Å²) >= 11 is 0. The topological polar surface area (TPSA) is 86.9 Å². The Kier molecular flexibility index (Phi) is 4.29. The van der Waals surface area contributed by atoms with Crippen molar-refractivity contribution >= 4 is 15.7 Å². The molecule has 0 fully saturated rings. The van der Waals surface area contributed by atoms with Gasteiger partial charge in [-0.05, 0) is 38.6 Å². The number of benzene rings is 1. The third-order valence-electron chi connectivity index (χ3n) is 3.02. The summed E-state index contributed by atoms with van der Waals surface area (Å²) < 4.78 is 40.7. The van der Waals surface area contributed by atoms with Gasteiger partial charge in [-0.25, -0.2) is 12.8 Å². The van der Waals surface area contributed by atoms with Gasteiger partial charge in [-0.2, -0.15) is 5.10 Å². The molecule has 0 aliphatic heterocycles. The molecule has 0 amide bonds. The molecule has 114 valence electrons. The Morgan fingerprint density at radius 2 is 2.05 bits per heavy atom. The number of H-pyrrole nitrogens is 1. The van der Waals surface area contributed by atoms with Crippen molar-refractivity contribution in [3.05, 3.63) is 41.0 Å². The van der Waals surface area contributed by atoms with E-state index in [1.807, 2.05) is 0 Å². The molecule has 0 aliphatic rings. The minimum atomic E-state index is -3.84. The summed E-state index contributed by atoms with van der Waals surface area (Å²) in [7, 11) is -2.14. The van der Waals surface area contributed by atoms with Gasteiger partial charge in [-0.15, -0.1) is 0 Å². The third kappa shape index (κ3) is 3.22. The average molecular weight is 312 g/mol. The van der Waals surface area contributed by atoms with Crippen molar-refractivity contribution in [2.24, 2.45) is 0 Å². The first-order valence-corrected chi connectivity index (χ1v) is 7.81. The van der Waals surface area contributed by atoms with Crippen molar-refractivity contribution in [1.82, 2.24) is 15.5 Å². The van der Waals surface area contributed by atoms with Crippen molar-refractivity contribution in [3.8, 4) is 0 Å². The predicted molar refractivity (Wildman–Crippen MR) is 78.0 cm³/mol. The molecule has 2 rings (SSSR count). The van der Waals surface area contributed by atoms with Crippen LogP contribution in [0.4, 0.5) is 10.1 Å². The van der Waals surface area contributed by atoms with E-state index in [-0.39, 0.29) is 10.6 Å². The largest absolute Gasteiger partial charge is 0.314 e. The second-order valence-electron chi connectivity index (χ2n) is 4.72. The quantitative estimate of drug-likeness (QED) is 0.784. The lowest BCUT2D eigenvalue weighted by molar-refractivity contribution is 0.598. The number of nitrogens with zero attached hydrogens (tertiary/aromatic N) is 1. The first-order chi connectivity index (χ1) is 9.85. The van der Waals surface area contributed by atoms with E-state index in [4.69, 9.17) is 0 Å². The second-order valence-corrected chi connectivity index (χ2v) is 6.34. The summed E-state index contributed by atoms with van der Waals surface area (Å²) in [6.45, 7) is 3.63. The third-order valence-corrected chi connectivity index (χ3v) is 4.59. The highest BCUT2D eigenvalue weighted by Gasteiger charge is 2.24. The van der Waals surface area contributed by atoms with Crippen LogP contribution in [-0.4, -0.2) is 25.7 Å². The molecule has 6 nitrogen and oxygen atoms in total. The molecule has 1 heterocycles. The molecule has 8 heteroatoms. The summed E-state index contributed by atoms with van der Waals surface area (Å²) in [6.07, 6.45) is 0. The summed E-state index contributed by atoms with van der Waals surface area (Å²) in [5.41, 5.74) is 1.67. The fraction of sp³-hybridized carbons (Fsp3) is 0.308. The lowest BCUT2D eigenvalue weighted by Gasteiger charge is -2.11. The summed E-state index contributed by atoms with van der Waals surface area (Å²) in [5, 5.41) is 9.49. The molecule has 0 saturated carbocycles. The van der Waals surface area contributed by atoms with E-state index >= 15 is 0 Å². The van der Waals surface area contributed by atoms with Crippen LogP contribution < -0.4 is 10.0 Å². The molecule has 0 bridgehead atoms. The number of sulfonamides is 1. The van der Waals surface area contributed by atoms with Gasteiger partial charge in [0.1, 0.15) is 10.7 Å². The Hall–Kier alpha value is -1.93. The van der Waals surface area contributed by atoms with Gasteiger partial charge in [0.2, 0.25) is 0 Å². The minimum Gasteiger partial charge on any atom is -0.314 e. The molecule has 0 aliphatic carbocycles. The van der Waals surface area contributed by atoms with Gasteiger partial charge >= 0.3 is 0 Å². The summed E-state index contributed by atoms with van der Waals surface area (Å²) in [5.74, 6) is -0.502. The van der Waals surface area contributed by atoms with E-state index in [9.17, 15) is 12.8 Å². The van der Waals surface area contributed by atoms with Crippen molar-refractivity contribution in [3.63, 3.8) is 0 Å². The highest BCUT2D eigenvalue weighted by atomic mass is 32.2. The van der Waals surface area contributed by atoms with Crippen molar-refractivity contribution in [2.75, 3.05) is 11.8 Å². The molecule has 21 heavy (non-hydrogen) atoms. The van der Waals surface area contributed by atoms with Gasteiger partial charge in [0.15, 0.2) is 0 Å². The maximum atomic E-state index is 13.3. The van der Waals surface area contributed by atoms with Gasteiger partial charge in [-0.1, -0.05) is 6.07 Å². The molecule has 1 aromatic heterocycles. The lowest BCUT2D eigenvalue weighted by Crippen LogP contribution is -2.18. The van der Waals surface area contributed by atoms with E-state index in [0.29, 0.717) is 23.5 Å². The van der Waals surface area contributed by atoms with E-state index in [2.05, 4.69) is 20.2 Å². The van der Waals surface area contributed by atoms with Crippen molar-refractivity contribution < 1.29 is 12.8 Å². The number of aryl methyl sites for hydroxylation is 2. The Bertz CT molecular complexity index is 756. The van der Waals surface area contributed by atoms with Crippen LogP contribution in [0.3, 0.4) is 0 Å². The molecule has 0 atom stereocenters. The maximum absolute atomic E-state index is 13.3. The van der Waals surface area contributed by atoms with Crippen LogP contribution in [0.25, 0.3) is 0 Å². The smallest absolute Gasteiger partial charge is 0.265 e. The van der Waals surface area contributed by atoms with Crippen LogP contribution >= 0.6 is 0 Å². The van der Waals surface area contributed by atoms with Gasteiger partial charge in [0, 0.05) is 6.54 Å². The average Bonchev–Trinajstić information content (AvgIpc) is 2.76. The Morgan fingerprint density at radius 1 is 1.33 bits per heavy atom. The molecular weight excluding hydrogens is 295 g/mol. The summed E-state index contributed by atoms with van der Waals surface area (Å²) in [4.78, 5) is 0.0838. The fourth-order valence-electron chi connectivity index (χ4n) is 2.01. The zero-order chi connectivity index (χ0) is 15.6. The zero-order valence-electron chi connectivity index (χ0n) is 12.0. The molecule has 3 N–H and O–H groups in total. The van der Waals surface area contributed by atoms with Crippen LogP contribution in [0.5, 0.6) is 0 Å². The number of halogens is 1. The van der Waals surface area contributed by atoms with Crippen molar-refractivity contribution in [1.29, 1.82) is 0 Å². The van der Waals surface area contributed by atoms with Gasteiger partial charge < -0.3 is 5.32 Å². The van der Waals surface area contributed by atoms with E-state index < -0.39 is 15.8 Å². The first-order valence-electron chi connectivity index (χ1n) is 6.32. The number of nitrogens with one attached hydrogen (secondary N) is 3. The van der Waals surface area contributed by atoms with E-state index in [0.717, 1.165) is 6.07 Å². The van der Waals surface area contributed by atoms with Gasteiger partial charge in [-0.3, -0.25) is 9.82 Å². The molecule has 2 aromatic rings. The van der Waals surface area contributed by atoms with Crippen LogP contribution in [0, 0.1) is 19.7 Å². The normalized spacial score (nSPS) is 11.6. The number of hydrogen-bond donors (Lipinski definition) is 3.